The minimum Gasteiger partial charge on any atom is -0.508 e. The van der Waals surface area contributed by atoms with Gasteiger partial charge in [-0.05, 0) is 12.1 Å². The van der Waals surface area contributed by atoms with Gasteiger partial charge in [0.2, 0.25) is 0 Å². The van der Waals surface area contributed by atoms with E-state index in [0.717, 1.165) is 8.95 Å². The largest absolute Gasteiger partial charge is 0.508 e. The molecule has 0 saturated heterocycles. The highest BCUT2D eigenvalue weighted by molar-refractivity contribution is 9.11. The molecule has 0 fully saturated rings. The Labute approximate surface area is 112 Å². The van der Waals surface area contributed by atoms with E-state index < -0.39 is 11.5 Å². The maximum absolute atomic E-state index is 9.88. The molecule has 1 rings (SSSR count). The van der Waals surface area contributed by atoms with Crippen molar-refractivity contribution >= 4 is 31.9 Å². The predicted octanol–water partition coefficient (Wildman–Crippen LogP) is 2.94. The van der Waals surface area contributed by atoms with Gasteiger partial charge in [-0.3, -0.25) is 0 Å². The highest BCUT2D eigenvalue weighted by atomic mass is 79.9. The number of benzene rings is 1. The van der Waals surface area contributed by atoms with Gasteiger partial charge in [0.25, 0.3) is 0 Å². The van der Waals surface area contributed by atoms with E-state index in [-0.39, 0.29) is 12.4 Å². The maximum atomic E-state index is 9.88. The standard InChI is InChI=1S/C11H15Br2NO2/c1-11(2,5-15)10(14)9-7(13)3-6(12)4-8(9)16/h3-4,10,15-16H,5,14H2,1-2H3/t10-/m1/s1. The molecule has 0 aromatic heterocycles. The van der Waals surface area contributed by atoms with Gasteiger partial charge >= 0.3 is 0 Å². The molecule has 4 N–H and O–H groups in total. The SMILES string of the molecule is CC(C)(CO)[C@H](N)c1c(O)cc(Br)cc1Br. The number of nitrogens with two attached hydrogens (primary N) is 1. The summed E-state index contributed by atoms with van der Waals surface area (Å²) >= 11 is 6.65. The van der Waals surface area contributed by atoms with Crippen molar-refractivity contribution in [3.8, 4) is 5.75 Å². The molecule has 0 aliphatic heterocycles. The normalized spacial score (nSPS) is 13.9. The molecule has 0 amide bonds. The summed E-state index contributed by atoms with van der Waals surface area (Å²) in [5.74, 6) is 0.121. The minimum absolute atomic E-state index is 0.0455. The molecular formula is C11H15Br2NO2. The fraction of sp³-hybridized carbons (Fsp3) is 0.455. The van der Waals surface area contributed by atoms with Gasteiger partial charge in [-0.15, -0.1) is 0 Å². The molecular weight excluding hydrogens is 338 g/mol. The van der Waals surface area contributed by atoms with Crippen molar-refractivity contribution in [3.63, 3.8) is 0 Å². The fourth-order valence-electron chi connectivity index (χ4n) is 1.37. The Morgan fingerprint density at radius 1 is 1.38 bits per heavy atom. The topological polar surface area (TPSA) is 66.5 Å². The van der Waals surface area contributed by atoms with Crippen molar-refractivity contribution in [2.24, 2.45) is 11.1 Å². The summed E-state index contributed by atoms with van der Waals surface area (Å²) < 4.78 is 1.50. The Kier molecular flexibility index (Phi) is 4.40. The van der Waals surface area contributed by atoms with E-state index in [1.54, 1.807) is 6.07 Å². The van der Waals surface area contributed by atoms with Gasteiger partial charge in [-0.2, -0.15) is 0 Å². The lowest BCUT2D eigenvalue weighted by molar-refractivity contribution is 0.131. The van der Waals surface area contributed by atoms with Crippen LogP contribution in [0.25, 0.3) is 0 Å². The fourth-order valence-corrected chi connectivity index (χ4v) is 2.82. The summed E-state index contributed by atoms with van der Waals surface area (Å²) in [5, 5.41) is 19.2. The summed E-state index contributed by atoms with van der Waals surface area (Å²) in [5.41, 5.74) is 6.19. The van der Waals surface area contributed by atoms with Gasteiger partial charge in [0.05, 0.1) is 0 Å². The van der Waals surface area contributed by atoms with Crippen molar-refractivity contribution in [3.05, 3.63) is 26.6 Å². The molecule has 5 heteroatoms. The third kappa shape index (κ3) is 2.77. The van der Waals surface area contributed by atoms with E-state index in [1.165, 1.54) is 0 Å². The molecule has 3 nitrogen and oxygen atoms in total. The highest BCUT2D eigenvalue weighted by Gasteiger charge is 2.30. The van der Waals surface area contributed by atoms with Crippen LogP contribution in [0.2, 0.25) is 0 Å². The third-order valence-electron chi connectivity index (χ3n) is 2.63. The van der Waals surface area contributed by atoms with E-state index in [9.17, 15) is 10.2 Å². The van der Waals surface area contributed by atoms with Crippen LogP contribution in [-0.2, 0) is 0 Å². The van der Waals surface area contributed by atoms with Crippen molar-refractivity contribution in [2.75, 3.05) is 6.61 Å². The molecule has 1 atom stereocenters. The second-order valence-electron chi connectivity index (χ2n) is 4.44. The molecule has 0 spiro atoms. The number of phenolic OH excluding ortho intramolecular Hbond substituents is 1. The van der Waals surface area contributed by atoms with E-state index in [4.69, 9.17) is 5.73 Å². The van der Waals surface area contributed by atoms with Crippen LogP contribution >= 0.6 is 31.9 Å². The number of aliphatic hydroxyl groups is 1. The zero-order valence-electron chi connectivity index (χ0n) is 9.17. The Bertz CT molecular complexity index is 371. The molecule has 0 heterocycles. The summed E-state index contributed by atoms with van der Waals surface area (Å²) in [4.78, 5) is 0. The summed E-state index contributed by atoms with van der Waals surface area (Å²) in [6.07, 6.45) is 0. The van der Waals surface area contributed by atoms with Crippen LogP contribution < -0.4 is 5.73 Å². The van der Waals surface area contributed by atoms with Crippen LogP contribution in [0.3, 0.4) is 0 Å². The van der Waals surface area contributed by atoms with Crippen molar-refractivity contribution in [1.29, 1.82) is 0 Å². The molecule has 90 valence electrons. The molecule has 0 bridgehead atoms. The number of aromatic hydroxyl groups is 1. The molecule has 0 aliphatic rings. The summed E-state index contributed by atoms with van der Waals surface area (Å²) in [6.45, 7) is 3.66. The van der Waals surface area contributed by atoms with Crippen LogP contribution in [-0.4, -0.2) is 16.8 Å². The van der Waals surface area contributed by atoms with Gasteiger partial charge in [0, 0.05) is 32.6 Å². The number of hydrogen-bond acceptors (Lipinski definition) is 3. The van der Waals surface area contributed by atoms with Crippen LogP contribution in [0.4, 0.5) is 0 Å². The number of rotatable bonds is 3. The number of halogens is 2. The van der Waals surface area contributed by atoms with Crippen LogP contribution in [0.1, 0.15) is 25.5 Å². The molecule has 1 aromatic rings. The molecule has 1 aromatic carbocycles. The first-order chi connectivity index (χ1) is 7.29. The Balaban J connectivity index is 3.24. The van der Waals surface area contributed by atoms with E-state index in [1.807, 2.05) is 19.9 Å². The van der Waals surface area contributed by atoms with Gasteiger partial charge in [0.15, 0.2) is 0 Å². The number of hydrogen-bond donors (Lipinski definition) is 3. The lowest BCUT2D eigenvalue weighted by Crippen LogP contribution is -2.32. The lowest BCUT2D eigenvalue weighted by atomic mass is 9.81. The second kappa shape index (κ2) is 5.04. The van der Waals surface area contributed by atoms with Crippen LogP contribution in [0, 0.1) is 5.41 Å². The maximum Gasteiger partial charge on any atom is 0.122 e. The van der Waals surface area contributed by atoms with Crippen LogP contribution in [0.15, 0.2) is 21.1 Å². The molecule has 0 radical (unpaired) electrons. The average molecular weight is 353 g/mol. The highest BCUT2D eigenvalue weighted by Crippen LogP contribution is 2.40. The predicted molar refractivity (Wildman–Crippen MR) is 71.3 cm³/mol. The third-order valence-corrected chi connectivity index (χ3v) is 3.75. The van der Waals surface area contributed by atoms with Gasteiger partial charge in [-0.1, -0.05) is 45.7 Å². The lowest BCUT2D eigenvalue weighted by Gasteiger charge is -2.30. The quantitative estimate of drug-likeness (QED) is 0.783. The molecule has 16 heavy (non-hydrogen) atoms. The van der Waals surface area contributed by atoms with Gasteiger partial charge in [0.1, 0.15) is 5.75 Å². The Hall–Kier alpha value is -0.100. The van der Waals surface area contributed by atoms with E-state index >= 15 is 0 Å². The Morgan fingerprint density at radius 2 is 1.94 bits per heavy atom. The van der Waals surface area contributed by atoms with Crippen molar-refractivity contribution < 1.29 is 10.2 Å². The summed E-state index contributed by atoms with van der Waals surface area (Å²) in [6, 6.07) is 2.97. The molecule has 0 unspecified atom stereocenters. The zero-order chi connectivity index (χ0) is 12.5. The monoisotopic (exact) mass is 351 g/mol. The van der Waals surface area contributed by atoms with Gasteiger partial charge in [-0.25, -0.2) is 0 Å². The minimum atomic E-state index is -0.492. The molecule has 0 saturated carbocycles. The first-order valence-electron chi connectivity index (χ1n) is 4.84. The Morgan fingerprint density at radius 3 is 2.38 bits per heavy atom. The molecule has 0 aliphatic carbocycles. The average Bonchev–Trinajstić information content (AvgIpc) is 2.15. The number of phenols is 1. The van der Waals surface area contributed by atoms with E-state index in [2.05, 4.69) is 31.9 Å². The zero-order valence-corrected chi connectivity index (χ0v) is 12.3. The van der Waals surface area contributed by atoms with E-state index in [0.29, 0.717) is 5.56 Å². The second-order valence-corrected chi connectivity index (χ2v) is 6.21. The van der Waals surface area contributed by atoms with Gasteiger partial charge < -0.3 is 15.9 Å². The van der Waals surface area contributed by atoms with Crippen molar-refractivity contribution in [1.82, 2.24) is 0 Å². The summed E-state index contributed by atoms with van der Waals surface area (Å²) in [7, 11) is 0. The number of aliphatic hydroxyl groups excluding tert-OH is 1. The van der Waals surface area contributed by atoms with Crippen molar-refractivity contribution in [2.45, 2.75) is 19.9 Å². The first kappa shape index (κ1) is 14.0. The smallest absolute Gasteiger partial charge is 0.122 e. The first-order valence-corrected chi connectivity index (χ1v) is 6.42. The van der Waals surface area contributed by atoms with Crippen LogP contribution in [0.5, 0.6) is 5.75 Å².